The zero-order valence-electron chi connectivity index (χ0n) is 6.59. The van der Waals surface area contributed by atoms with Gasteiger partial charge in [0.25, 0.3) is 0 Å². The lowest BCUT2D eigenvalue weighted by atomic mass is 10.2. The van der Waals surface area contributed by atoms with Crippen LogP contribution in [-0.4, -0.2) is 11.0 Å². The molecule has 1 atom stereocenters. The Bertz CT molecular complexity index is 202. The molecule has 3 nitrogen and oxygen atoms in total. The molecule has 0 aromatic carbocycles. The Morgan fingerprint density at radius 2 is 2.50 bits per heavy atom. The second-order valence-corrected chi connectivity index (χ2v) is 2.85. The van der Waals surface area contributed by atoms with Gasteiger partial charge in [-0.05, 0) is 6.92 Å². The van der Waals surface area contributed by atoms with Crippen LogP contribution in [0.3, 0.4) is 0 Å². The van der Waals surface area contributed by atoms with Crippen molar-refractivity contribution >= 4 is 0 Å². The summed E-state index contributed by atoms with van der Waals surface area (Å²) in [5.74, 6) is 0. The first-order chi connectivity index (χ1) is 4.70. The van der Waals surface area contributed by atoms with Crippen LogP contribution in [0, 0.1) is 0 Å². The molecule has 0 bridgehead atoms. The van der Waals surface area contributed by atoms with Crippen molar-refractivity contribution in [3.8, 4) is 0 Å². The molecule has 4 N–H and O–H groups in total. The van der Waals surface area contributed by atoms with E-state index in [2.05, 4.69) is 22.2 Å². The molecule has 0 saturated heterocycles. The average Bonchev–Trinajstić information content (AvgIpc) is 2.15. The Balaban J connectivity index is 2.65. The van der Waals surface area contributed by atoms with Crippen LogP contribution in [-0.2, 0) is 13.5 Å². The number of aromatic amines is 1. The van der Waals surface area contributed by atoms with Gasteiger partial charge in [0.1, 0.15) is 11.9 Å². The van der Waals surface area contributed by atoms with Crippen molar-refractivity contribution in [2.75, 3.05) is 0 Å². The summed E-state index contributed by atoms with van der Waals surface area (Å²) >= 11 is 0. The lowest BCUT2D eigenvalue weighted by molar-refractivity contribution is -0.679. The van der Waals surface area contributed by atoms with Gasteiger partial charge in [-0.15, -0.1) is 0 Å². The summed E-state index contributed by atoms with van der Waals surface area (Å²) in [6.45, 7) is 2.12. The van der Waals surface area contributed by atoms with E-state index in [0.29, 0.717) is 6.04 Å². The molecule has 0 saturated carbocycles. The van der Waals surface area contributed by atoms with E-state index in [4.69, 9.17) is 0 Å². The number of H-pyrrole nitrogens is 1. The molecule has 0 aliphatic carbocycles. The van der Waals surface area contributed by atoms with E-state index in [1.54, 1.807) is 0 Å². The van der Waals surface area contributed by atoms with Gasteiger partial charge in [0, 0.05) is 0 Å². The number of rotatable bonds is 2. The molecule has 1 aromatic heterocycles. The first-order valence-corrected chi connectivity index (χ1v) is 3.54. The van der Waals surface area contributed by atoms with E-state index in [9.17, 15) is 0 Å². The van der Waals surface area contributed by atoms with Crippen molar-refractivity contribution < 1.29 is 10.3 Å². The van der Waals surface area contributed by atoms with Gasteiger partial charge in [-0.3, -0.25) is 0 Å². The molecule has 0 fully saturated rings. The predicted octanol–water partition coefficient (Wildman–Crippen LogP) is -0.988. The summed E-state index contributed by atoms with van der Waals surface area (Å²) < 4.78 is 2.08. The molecule has 0 amide bonds. The fourth-order valence-corrected chi connectivity index (χ4v) is 0.990. The van der Waals surface area contributed by atoms with Crippen LogP contribution in [0.5, 0.6) is 0 Å². The molecule has 1 rings (SSSR count). The van der Waals surface area contributed by atoms with E-state index >= 15 is 0 Å². The minimum Gasteiger partial charge on any atom is -0.355 e. The van der Waals surface area contributed by atoms with Gasteiger partial charge in [0.15, 0.2) is 0 Å². The molecular formula is C7H15N3+2. The summed E-state index contributed by atoms with van der Waals surface area (Å²) in [7, 11) is 2.04. The lowest BCUT2D eigenvalue weighted by Gasteiger charge is -1.96. The van der Waals surface area contributed by atoms with Gasteiger partial charge < -0.3 is 5.73 Å². The van der Waals surface area contributed by atoms with Crippen LogP contribution in [0.1, 0.15) is 12.6 Å². The Labute approximate surface area is 60.9 Å². The van der Waals surface area contributed by atoms with Crippen LogP contribution >= 0.6 is 0 Å². The van der Waals surface area contributed by atoms with Crippen molar-refractivity contribution in [2.24, 2.45) is 7.05 Å². The number of nitrogens with zero attached hydrogens (tertiary/aromatic N) is 1. The highest BCUT2D eigenvalue weighted by Crippen LogP contribution is 1.90. The smallest absolute Gasteiger partial charge is 0.241 e. The number of quaternary nitrogens is 1. The third-order valence-electron chi connectivity index (χ3n) is 1.53. The number of nitrogens with one attached hydrogen (secondary N) is 1. The zero-order valence-corrected chi connectivity index (χ0v) is 6.59. The van der Waals surface area contributed by atoms with Crippen molar-refractivity contribution in [1.82, 2.24) is 4.98 Å². The number of hydrogen-bond acceptors (Lipinski definition) is 0. The largest absolute Gasteiger partial charge is 0.355 e. The van der Waals surface area contributed by atoms with Crippen LogP contribution in [0.25, 0.3) is 0 Å². The highest BCUT2D eigenvalue weighted by molar-refractivity contribution is 4.87. The van der Waals surface area contributed by atoms with Gasteiger partial charge in [-0.25, -0.2) is 9.55 Å². The molecule has 56 valence electrons. The summed E-state index contributed by atoms with van der Waals surface area (Å²) in [6, 6.07) is 0.488. The van der Waals surface area contributed by atoms with E-state index in [1.807, 2.05) is 19.6 Å². The quantitative estimate of drug-likeness (QED) is 0.497. The van der Waals surface area contributed by atoms with Gasteiger partial charge >= 0.3 is 0 Å². The van der Waals surface area contributed by atoms with Crippen molar-refractivity contribution in [2.45, 2.75) is 19.4 Å². The van der Waals surface area contributed by atoms with Gasteiger partial charge in [0.2, 0.25) is 6.33 Å². The van der Waals surface area contributed by atoms with Crippen LogP contribution in [0.15, 0.2) is 12.5 Å². The molecule has 0 unspecified atom stereocenters. The third kappa shape index (κ3) is 1.57. The Hall–Kier alpha value is -0.830. The standard InChI is InChI=1S/C7H13N3/c1-6(8)3-7-4-9-5-10(7)2/h4-6H,3,8H2,1-2H3/p+2/t6-/m0/s1. The molecular weight excluding hydrogens is 126 g/mol. The van der Waals surface area contributed by atoms with E-state index < -0.39 is 0 Å². The summed E-state index contributed by atoms with van der Waals surface area (Å²) in [5, 5.41) is 0. The van der Waals surface area contributed by atoms with Crippen molar-refractivity contribution in [3.63, 3.8) is 0 Å². The van der Waals surface area contributed by atoms with E-state index in [0.717, 1.165) is 6.42 Å². The first kappa shape index (κ1) is 7.28. The van der Waals surface area contributed by atoms with E-state index in [-0.39, 0.29) is 0 Å². The maximum atomic E-state index is 3.93. The highest BCUT2D eigenvalue weighted by Gasteiger charge is 2.08. The number of hydrogen-bond donors (Lipinski definition) is 2. The van der Waals surface area contributed by atoms with Gasteiger partial charge in [-0.2, -0.15) is 0 Å². The molecule has 1 heterocycles. The van der Waals surface area contributed by atoms with Crippen LogP contribution in [0.2, 0.25) is 0 Å². The normalized spacial score (nSPS) is 13.5. The Morgan fingerprint density at radius 3 is 2.90 bits per heavy atom. The minimum atomic E-state index is 0.488. The first-order valence-electron chi connectivity index (χ1n) is 3.54. The van der Waals surface area contributed by atoms with Crippen LogP contribution in [0.4, 0.5) is 0 Å². The monoisotopic (exact) mass is 141 g/mol. The van der Waals surface area contributed by atoms with Gasteiger partial charge in [-0.1, -0.05) is 0 Å². The molecule has 10 heavy (non-hydrogen) atoms. The fraction of sp³-hybridized carbons (Fsp3) is 0.571. The molecule has 1 aromatic rings. The van der Waals surface area contributed by atoms with E-state index in [1.165, 1.54) is 5.69 Å². The summed E-state index contributed by atoms with van der Waals surface area (Å²) in [4.78, 5) is 3.04. The highest BCUT2D eigenvalue weighted by atomic mass is 15.0. The maximum Gasteiger partial charge on any atom is 0.241 e. The second-order valence-electron chi connectivity index (χ2n) is 2.85. The SMILES string of the molecule is C[C@H]([NH3+])Cc1c[nH]c[n+]1C. The number of imidazole rings is 1. The third-order valence-corrected chi connectivity index (χ3v) is 1.53. The lowest BCUT2D eigenvalue weighted by Crippen LogP contribution is -2.60. The Kier molecular flexibility index (Phi) is 2.06. The van der Waals surface area contributed by atoms with Crippen LogP contribution < -0.4 is 10.3 Å². The van der Waals surface area contributed by atoms with Gasteiger partial charge in [0.05, 0.1) is 19.5 Å². The zero-order chi connectivity index (χ0) is 7.56. The summed E-state index contributed by atoms with van der Waals surface area (Å²) in [5.41, 5.74) is 5.24. The minimum absolute atomic E-state index is 0.488. The van der Waals surface area contributed by atoms with Crippen molar-refractivity contribution in [3.05, 3.63) is 18.2 Å². The maximum absolute atomic E-state index is 3.93. The average molecular weight is 141 g/mol. The molecule has 0 spiro atoms. The molecule has 0 radical (unpaired) electrons. The summed E-state index contributed by atoms with van der Waals surface area (Å²) in [6.07, 6.45) is 5.00. The molecule has 3 heteroatoms. The molecule has 0 aliphatic rings. The fourth-order valence-electron chi connectivity index (χ4n) is 0.990. The Morgan fingerprint density at radius 1 is 1.80 bits per heavy atom. The molecule has 0 aliphatic heterocycles. The number of aryl methyl sites for hydroxylation is 1. The predicted molar refractivity (Wildman–Crippen MR) is 38.0 cm³/mol. The second kappa shape index (κ2) is 2.84. The van der Waals surface area contributed by atoms with Crippen molar-refractivity contribution in [1.29, 1.82) is 0 Å². The number of aromatic nitrogens is 2. The topological polar surface area (TPSA) is 47.3 Å².